The number of nitrogens with one attached hydrogen (secondary N) is 3. The lowest BCUT2D eigenvalue weighted by Crippen LogP contribution is -2.46. The number of rotatable bonds is 11. The fraction of sp³-hybridized carbons (Fsp3) is 0.346. The molecule has 34 heavy (non-hydrogen) atoms. The summed E-state index contributed by atoms with van der Waals surface area (Å²) in [6.07, 6.45) is 2.23. The van der Waals surface area contributed by atoms with Crippen LogP contribution in [0.2, 0.25) is 0 Å². The predicted molar refractivity (Wildman–Crippen MR) is 135 cm³/mol. The number of esters is 1. The van der Waals surface area contributed by atoms with Gasteiger partial charge in [0.15, 0.2) is 11.7 Å². The van der Waals surface area contributed by atoms with Crippen molar-refractivity contribution in [1.82, 2.24) is 16.0 Å². The Balaban J connectivity index is 1.73. The van der Waals surface area contributed by atoms with Crippen LogP contribution < -0.4 is 20.7 Å². The molecule has 1 amide bonds. The number of allylic oxidation sites excluding steroid dienone is 1. The van der Waals surface area contributed by atoms with Gasteiger partial charge in [-0.15, -0.1) is 0 Å². The second-order valence-corrected chi connectivity index (χ2v) is 8.21. The lowest BCUT2D eigenvalue weighted by molar-refractivity contribution is -0.139. The zero-order valence-corrected chi connectivity index (χ0v) is 20.4. The first-order valence-electron chi connectivity index (χ1n) is 11.5. The van der Waals surface area contributed by atoms with Crippen LogP contribution in [0, 0.1) is 0 Å². The fourth-order valence-corrected chi connectivity index (χ4v) is 4.03. The molecule has 2 aromatic rings. The van der Waals surface area contributed by atoms with Gasteiger partial charge in [0.05, 0.1) is 18.2 Å². The SMILES string of the molecule is CCCC1=C(C(=O)OCC)[C@@H](c2ccccc2OCC(=O)NCCc2ccccc2)NC(=S)N1. The average molecular weight is 482 g/mol. The highest BCUT2D eigenvalue weighted by Crippen LogP contribution is 2.34. The van der Waals surface area contributed by atoms with Crippen molar-refractivity contribution in [1.29, 1.82) is 0 Å². The zero-order valence-electron chi connectivity index (χ0n) is 19.6. The van der Waals surface area contributed by atoms with Crippen molar-refractivity contribution in [2.45, 2.75) is 39.2 Å². The third kappa shape index (κ3) is 6.81. The molecule has 0 spiro atoms. The standard InChI is InChI=1S/C26H31N3O4S/c1-3-10-20-23(25(31)32-4-2)24(29-26(34)28-20)19-13-8-9-14-21(19)33-17-22(30)27-16-15-18-11-6-5-7-12-18/h5-9,11-14,24H,3-4,10,15-17H2,1-2H3,(H,27,30)(H2,28,29,34)/t24-/m1/s1. The van der Waals surface area contributed by atoms with Crippen LogP contribution in [-0.2, 0) is 20.7 Å². The zero-order chi connectivity index (χ0) is 24.3. The molecule has 0 aliphatic carbocycles. The fourth-order valence-electron chi connectivity index (χ4n) is 3.78. The largest absolute Gasteiger partial charge is 0.483 e. The average Bonchev–Trinajstić information content (AvgIpc) is 2.83. The van der Waals surface area contributed by atoms with Crippen LogP contribution in [0.25, 0.3) is 0 Å². The number of amides is 1. The van der Waals surface area contributed by atoms with E-state index in [-0.39, 0.29) is 19.1 Å². The van der Waals surface area contributed by atoms with Crippen LogP contribution in [0.3, 0.4) is 0 Å². The number of ether oxygens (including phenoxy) is 2. The van der Waals surface area contributed by atoms with Crippen molar-refractivity contribution >= 4 is 29.2 Å². The summed E-state index contributed by atoms with van der Waals surface area (Å²) in [5.74, 6) is -0.125. The highest BCUT2D eigenvalue weighted by Gasteiger charge is 2.33. The Morgan fingerprint density at radius 2 is 1.76 bits per heavy atom. The van der Waals surface area contributed by atoms with Crippen LogP contribution in [0.5, 0.6) is 5.75 Å². The maximum atomic E-state index is 12.9. The molecule has 3 rings (SSSR count). The minimum absolute atomic E-state index is 0.137. The number of hydrogen-bond donors (Lipinski definition) is 3. The molecule has 0 unspecified atom stereocenters. The molecule has 8 heteroatoms. The van der Waals surface area contributed by atoms with Gasteiger partial charge < -0.3 is 25.4 Å². The Bertz CT molecular complexity index is 1040. The van der Waals surface area contributed by atoms with Gasteiger partial charge in [0.25, 0.3) is 5.91 Å². The van der Waals surface area contributed by atoms with Crippen molar-refractivity contribution < 1.29 is 19.1 Å². The first kappa shape index (κ1) is 25.2. The van der Waals surface area contributed by atoms with Crippen molar-refractivity contribution in [3.05, 3.63) is 77.0 Å². The van der Waals surface area contributed by atoms with E-state index in [0.29, 0.717) is 35.0 Å². The molecule has 0 aromatic heterocycles. The monoisotopic (exact) mass is 481 g/mol. The normalized spacial score (nSPS) is 15.2. The van der Waals surface area contributed by atoms with E-state index in [0.717, 1.165) is 24.1 Å². The second-order valence-electron chi connectivity index (χ2n) is 7.81. The number of carbonyl (C=O) groups excluding carboxylic acids is 2. The van der Waals surface area contributed by atoms with E-state index in [4.69, 9.17) is 21.7 Å². The van der Waals surface area contributed by atoms with Crippen molar-refractivity contribution in [3.63, 3.8) is 0 Å². The summed E-state index contributed by atoms with van der Waals surface area (Å²) in [4.78, 5) is 25.3. The summed E-state index contributed by atoms with van der Waals surface area (Å²) in [6.45, 7) is 4.45. The molecule has 1 atom stereocenters. The Kier molecular flexibility index (Phi) is 9.46. The van der Waals surface area contributed by atoms with E-state index in [1.807, 2.05) is 55.5 Å². The van der Waals surface area contributed by atoms with Crippen LogP contribution in [0.4, 0.5) is 0 Å². The number of carbonyl (C=O) groups is 2. The molecule has 0 saturated heterocycles. The number of thiocarbonyl (C=S) groups is 1. The second kappa shape index (κ2) is 12.7. The Morgan fingerprint density at radius 3 is 2.50 bits per heavy atom. The van der Waals surface area contributed by atoms with Crippen molar-refractivity contribution in [3.8, 4) is 5.75 Å². The van der Waals surface area contributed by atoms with Crippen molar-refractivity contribution in [2.75, 3.05) is 19.8 Å². The van der Waals surface area contributed by atoms with Gasteiger partial charge >= 0.3 is 5.97 Å². The highest BCUT2D eigenvalue weighted by atomic mass is 32.1. The molecule has 180 valence electrons. The molecule has 2 aromatic carbocycles. The van der Waals surface area contributed by atoms with E-state index >= 15 is 0 Å². The lowest BCUT2D eigenvalue weighted by atomic mass is 9.93. The third-order valence-corrected chi connectivity index (χ3v) is 5.54. The van der Waals surface area contributed by atoms with E-state index in [1.54, 1.807) is 13.0 Å². The quantitative estimate of drug-likeness (QED) is 0.334. The van der Waals surface area contributed by atoms with Gasteiger partial charge in [-0.05, 0) is 43.6 Å². The Morgan fingerprint density at radius 1 is 1.03 bits per heavy atom. The molecular formula is C26H31N3O4S. The number of para-hydroxylation sites is 1. The summed E-state index contributed by atoms with van der Waals surface area (Å²) in [7, 11) is 0. The van der Waals surface area contributed by atoms with Gasteiger partial charge in [-0.3, -0.25) is 4.79 Å². The van der Waals surface area contributed by atoms with Gasteiger partial charge in [-0.2, -0.15) is 0 Å². The lowest BCUT2D eigenvalue weighted by Gasteiger charge is -2.31. The summed E-state index contributed by atoms with van der Waals surface area (Å²) in [5, 5.41) is 9.59. The Labute approximate surface area is 205 Å². The molecule has 3 N–H and O–H groups in total. The maximum absolute atomic E-state index is 12.9. The van der Waals surface area contributed by atoms with Gasteiger partial charge in [-0.25, -0.2) is 4.79 Å². The summed E-state index contributed by atoms with van der Waals surface area (Å²) in [6, 6.07) is 16.7. The molecule has 0 bridgehead atoms. The minimum atomic E-state index is -0.549. The summed E-state index contributed by atoms with van der Waals surface area (Å²) in [5.41, 5.74) is 3.08. The molecule has 1 aliphatic heterocycles. The molecule has 0 radical (unpaired) electrons. The summed E-state index contributed by atoms with van der Waals surface area (Å²) < 4.78 is 11.2. The smallest absolute Gasteiger partial charge is 0.338 e. The van der Waals surface area contributed by atoms with Gasteiger partial charge in [0.1, 0.15) is 5.75 Å². The van der Waals surface area contributed by atoms with Gasteiger partial charge in [-0.1, -0.05) is 61.9 Å². The van der Waals surface area contributed by atoms with Gasteiger partial charge in [0.2, 0.25) is 0 Å². The van der Waals surface area contributed by atoms with E-state index in [2.05, 4.69) is 16.0 Å². The Hall–Kier alpha value is -3.39. The molecule has 0 fully saturated rings. The van der Waals surface area contributed by atoms with Crippen LogP contribution >= 0.6 is 12.2 Å². The third-order valence-electron chi connectivity index (χ3n) is 5.32. The van der Waals surface area contributed by atoms with E-state index in [1.165, 1.54) is 0 Å². The van der Waals surface area contributed by atoms with E-state index in [9.17, 15) is 9.59 Å². The van der Waals surface area contributed by atoms with Gasteiger partial charge in [0, 0.05) is 17.8 Å². The molecular weight excluding hydrogens is 450 g/mol. The minimum Gasteiger partial charge on any atom is -0.483 e. The van der Waals surface area contributed by atoms with Crippen LogP contribution in [0.1, 0.15) is 43.9 Å². The number of hydrogen-bond acceptors (Lipinski definition) is 5. The molecule has 7 nitrogen and oxygen atoms in total. The molecule has 1 aliphatic rings. The molecule has 0 saturated carbocycles. The topological polar surface area (TPSA) is 88.7 Å². The highest BCUT2D eigenvalue weighted by molar-refractivity contribution is 7.80. The maximum Gasteiger partial charge on any atom is 0.338 e. The van der Waals surface area contributed by atoms with Crippen LogP contribution in [-0.4, -0.2) is 36.7 Å². The first-order chi connectivity index (χ1) is 16.5. The van der Waals surface area contributed by atoms with E-state index < -0.39 is 12.0 Å². The molecule has 1 heterocycles. The predicted octanol–water partition coefficient (Wildman–Crippen LogP) is 3.56. The number of benzene rings is 2. The summed E-state index contributed by atoms with van der Waals surface area (Å²) >= 11 is 5.40. The first-order valence-corrected chi connectivity index (χ1v) is 11.9. The van der Waals surface area contributed by atoms with Crippen LogP contribution in [0.15, 0.2) is 65.9 Å². The van der Waals surface area contributed by atoms with Crippen molar-refractivity contribution in [2.24, 2.45) is 0 Å².